The number of fused-ring (bicyclic) bond motifs is 1. The minimum Gasteiger partial charge on any atom is -0.325 e. The lowest BCUT2D eigenvalue weighted by molar-refractivity contribution is -0.115. The second-order valence-corrected chi connectivity index (χ2v) is 5.91. The van der Waals surface area contributed by atoms with E-state index in [4.69, 9.17) is 10.7 Å². The van der Waals surface area contributed by atoms with E-state index < -0.39 is 9.05 Å². The average molecular weight is 258 g/mol. The van der Waals surface area contributed by atoms with E-state index in [1.54, 1.807) is 12.2 Å². The van der Waals surface area contributed by atoms with Gasteiger partial charge in [0.2, 0.25) is 5.91 Å². The standard InChI is InChI=1S/C10H8ClNO3S/c11-16(14,15)8-4-5-9-7(6-8)2-1-3-10(13)12-9/h1-2,4-6H,3H2,(H,12,13). The third-order valence-electron chi connectivity index (χ3n) is 2.18. The molecule has 0 spiro atoms. The summed E-state index contributed by atoms with van der Waals surface area (Å²) in [5.74, 6) is -0.128. The van der Waals surface area contributed by atoms with Crippen molar-refractivity contribution in [1.29, 1.82) is 0 Å². The van der Waals surface area contributed by atoms with Crippen LogP contribution in [0.15, 0.2) is 29.2 Å². The van der Waals surface area contributed by atoms with Crippen LogP contribution < -0.4 is 5.32 Å². The highest BCUT2D eigenvalue weighted by molar-refractivity contribution is 8.13. The number of rotatable bonds is 1. The van der Waals surface area contributed by atoms with Crippen molar-refractivity contribution in [2.24, 2.45) is 0 Å². The molecule has 0 atom stereocenters. The first-order valence-corrected chi connectivity index (χ1v) is 6.83. The summed E-state index contributed by atoms with van der Waals surface area (Å²) in [4.78, 5) is 11.2. The summed E-state index contributed by atoms with van der Waals surface area (Å²) in [5.41, 5.74) is 1.22. The van der Waals surface area contributed by atoms with Crippen LogP contribution in [0.25, 0.3) is 6.08 Å². The Balaban J connectivity index is 2.54. The Morgan fingerprint density at radius 2 is 2.06 bits per heavy atom. The van der Waals surface area contributed by atoms with E-state index in [1.165, 1.54) is 18.2 Å². The van der Waals surface area contributed by atoms with E-state index in [2.05, 4.69) is 5.32 Å². The van der Waals surface area contributed by atoms with Gasteiger partial charge in [-0.25, -0.2) is 8.42 Å². The third-order valence-corrected chi connectivity index (χ3v) is 3.53. The molecule has 1 aliphatic rings. The predicted octanol–water partition coefficient (Wildman–Crippen LogP) is 1.97. The van der Waals surface area contributed by atoms with E-state index in [0.29, 0.717) is 11.3 Å². The lowest BCUT2D eigenvalue weighted by Gasteiger charge is -2.06. The van der Waals surface area contributed by atoms with E-state index in [9.17, 15) is 13.2 Å². The number of hydrogen-bond donors (Lipinski definition) is 1. The molecule has 4 nitrogen and oxygen atoms in total. The molecule has 0 aromatic heterocycles. The molecule has 1 aromatic carbocycles. The zero-order valence-electron chi connectivity index (χ0n) is 8.10. The van der Waals surface area contributed by atoms with Crippen LogP contribution >= 0.6 is 10.7 Å². The number of carbonyl (C=O) groups excluding carboxylic acids is 1. The summed E-state index contributed by atoms with van der Waals surface area (Å²) in [6.45, 7) is 0. The fourth-order valence-electron chi connectivity index (χ4n) is 1.44. The van der Waals surface area contributed by atoms with E-state index in [-0.39, 0.29) is 17.2 Å². The first-order chi connectivity index (χ1) is 7.47. The SMILES string of the molecule is O=C1CC=Cc2cc(S(=O)(=O)Cl)ccc2N1. The van der Waals surface area contributed by atoms with Gasteiger partial charge in [-0.3, -0.25) is 4.79 Å². The number of halogens is 1. The van der Waals surface area contributed by atoms with Crippen LogP contribution in [0.4, 0.5) is 5.69 Å². The molecule has 0 bridgehead atoms. The van der Waals surface area contributed by atoms with Gasteiger partial charge in [0.15, 0.2) is 0 Å². The van der Waals surface area contributed by atoms with Gasteiger partial charge in [0.1, 0.15) is 0 Å². The van der Waals surface area contributed by atoms with Gasteiger partial charge in [-0.2, -0.15) is 0 Å². The van der Waals surface area contributed by atoms with Gasteiger partial charge < -0.3 is 5.32 Å². The van der Waals surface area contributed by atoms with Crippen molar-refractivity contribution >= 4 is 37.4 Å². The Kier molecular flexibility index (Phi) is 2.73. The van der Waals surface area contributed by atoms with Crippen LogP contribution in [-0.4, -0.2) is 14.3 Å². The second kappa shape index (κ2) is 3.92. The van der Waals surface area contributed by atoms with Crippen molar-refractivity contribution < 1.29 is 13.2 Å². The van der Waals surface area contributed by atoms with Crippen molar-refractivity contribution in [3.63, 3.8) is 0 Å². The first-order valence-electron chi connectivity index (χ1n) is 4.52. The normalized spacial score (nSPS) is 15.2. The predicted molar refractivity (Wildman–Crippen MR) is 61.8 cm³/mol. The smallest absolute Gasteiger partial charge is 0.261 e. The van der Waals surface area contributed by atoms with Gasteiger partial charge in [-0.05, 0) is 23.8 Å². The lowest BCUT2D eigenvalue weighted by atomic mass is 10.2. The van der Waals surface area contributed by atoms with Gasteiger partial charge in [0.25, 0.3) is 9.05 Å². The fraction of sp³-hybridized carbons (Fsp3) is 0.100. The topological polar surface area (TPSA) is 63.2 Å². The van der Waals surface area contributed by atoms with Crippen molar-refractivity contribution in [3.8, 4) is 0 Å². The molecule has 0 fully saturated rings. The van der Waals surface area contributed by atoms with Gasteiger partial charge >= 0.3 is 0 Å². The average Bonchev–Trinajstić information content (AvgIpc) is 2.35. The molecule has 0 aliphatic carbocycles. The quantitative estimate of drug-likeness (QED) is 0.783. The highest BCUT2D eigenvalue weighted by Gasteiger charge is 2.14. The van der Waals surface area contributed by atoms with Crippen LogP contribution in [0.3, 0.4) is 0 Å². The van der Waals surface area contributed by atoms with Crippen LogP contribution in [0, 0.1) is 0 Å². The van der Waals surface area contributed by atoms with Crippen LogP contribution in [0.2, 0.25) is 0 Å². The largest absolute Gasteiger partial charge is 0.325 e. The van der Waals surface area contributed by atoms with Crippen LogP contribution in [0.5, 0.6) is 0 Å². The molecule has 84 valence electrons. The summed E-state index contributed by atoms with van der Waals surface area (Å²) in [5, 5.41) is 2.66. The number of anilines is 1. The zero-order chi connectivity index (χ0) is 11.8. The van der Waals surface area contributed by atoms with Crippen molar-refractivity contribution in [2.45, 2.75) is 11.3 Å². The maximum absolute atomic E-state index is 11.2. The molecule has 0 saturated carbocycles. The molecule has 0 radical (unpaired) electrons. The molecule has 0 unspecified atom stereocenters. The monoisotopic (exact) mass is 257 g/mol. The Labute approximate surface area is 97.3 Å². The van der Waals surface area contributed by atoms with E-state index in [0.717, 1.165) is 0 Å². The van der Waals surface area contributed by atoms with Crippen molar-refractivity contribution in [3.05, 3.63) is 29.8 Å². The third kappa shape index (κ3) is 2.25. The molecule has 2 rings (SSSR count). The Hall–Kier alpha value is -1.33. The molecular formula is C10H8ClNO3S. The summed E-state index contributed by atoms with van der Waals surface area (Å²) in [6, 6.07) is 4.32. The first kappa shape index (κ1) is 11.2. The molecule has 1 aromatic rings. The summed E-state index contributed by atoms with van der Waals surface area (Å²) in [6.07, 6.45) is 3.64. The van der Waals surface area contributed by atoms with Crippen LogP contribution in [0.1, 0.15) is 12.0 Å². The summed E-state index contributed by atoms with van der Waals surface area (Å²) >= 11 is 0. The number of amides is 1. The molecule has 0 saturated heterocycles. The summed E-state index contributed by atoms with van der Waals surface area (Å²) in [7, 11) is 1.50. The second-order valence-electron chi connectivity index (χ2n) is 3.34. The number of hydrogen-bond acceptors (Lipinski definition) is 3. The minimum atomic E-state index is -3.74. The van der Waals surface area contributed by atoms with E-state index in [1.807, 2.05) is 0 Å². The number of nitrogens with one attached hydrogen (secondary N) is 1. The molecule has 1 N–H and O–H groups in total. The minimum absolute atomic E-state index is 0.0220. The lowest BCUT2D eigenvalue weighted by Crippen LogP contribution is -2.09. The highest BCUT2D eigenvalue weighted by Crippen LogP contribution is 2.25. The Morgan fingerprint density at radius 3 is 2.75 bits per heavy atom. The van der Waals surface area contributed by atoms with Crippen molar-refractivity contribution in [1.82, 2.24) is 0 Å². The Bertz CT molecular complexity index is 578. The van der Waals surface area contributed by atoms with Crippen molar-refractivity contribution in [2.75, 3.05) is 5.32 Å². The van der Waals surface area contributed by atoms with Gasteiger partial charge in [0.05, 0.1) is 4.90 Å². The Morgan fingerprint density at radius 1 is 1.31 bits per heavy atom. The molecule has 1 aliphatic heterocycles. The fourth-order valence-corrected chi connectivity index (χ4v) is 2.22. The maximum atomic E-state index is 11.2. The molecule has 16 heavy (non-hydrogen) atoms. The van der Waals surface area contributed by atoms with Gasteiger partial charge in [0, 0.05) is 22.8 Å². The summed E-state index contributed by atoms with van der Waals surface area (Å²) < 4.78 is 22.2. The molecular weight excluding hydrogens is 250 g/mol. The molecule has 1 heterocycles. The maximum Gasteiger partial charge on any atom is 0.261 e. The zero-order valence-corrected chi connectivity index (χ0v) is 9.68. The number of benzene rings is 1. The molecule has 6 heteroatoms. The van der Waals surface area contributed by atoms with Crippen LogP contribution in [-0.2, 0) is 13.8 Å². The molecule has 1 amide bonds. The van der Waals surface area contributed by atoms with E-state index >= 15 is 0 Å². The highest BCUT2D eigenvalue weighted by atomic mass is 35.7. The van der Waals surface area contributed by atoms with Gasteiger partial charge in [-0.1, -0.05) is 12.2 Å². The number of carbonyl (C=O) groups is 1. The van der Waals surface area contributed by atoms with Gasteiger partial charge in [-0.15, -0.1) is 0 Å².